The number of likely N-dealkylation sites (tertiary alicyclic amines) is 1. The van der Waals surface area contributed by atoms with E-state index in [-0.39, 0.29) is 6.04 Å². The van der Waals surface area contributed by atoms with Gasteiger partial charge in [0.05, 0.1) is 18.8 Å². The molecule has 2 N–H and O–H groups in total. The van der Waals surface area contributed by atoms with Crippen molar-refractivity contribution in [3.63, 3.8) is 0 Å². The maximum atomic E-state index is 5.70. The molecule has 156 valence electrons. The van der Waals surface area contributed by atoms with Crippen molar-refractivity contribution in [2.75, 3.05) is 39.5 Å². The second-order valence-electron chi connectivity index (χ2n) is 7.36. The fraction of sp³-hybridized carbons (Fsp3) is 0.500. The van der Waals surface area contributed by atoms with Crippen LogP contribution >= 0.6 is 0 Å². The quantitative estimate of drug-likeness (QED) is 0.526. The Bertz CT molecular complexity index is 800. The van der Waals surface area contributed by atoms with E-state index in [9.17, 15) is 0 Å². The molecule has 29 heavy (non-hydrogen) atoms. The Morgan fingerprint density at radius 3 is 2.79 bits per heavy atom. The Morgan fingerprint density at radius 1 is 1.14 bits per heavy atom. The molecule has 0 amide bonds. The van der Waals surface area contributed by atoms with Crippen molar-refractivity contribution < 1.29 is 13.9 Å². The van der Waals surface area contributed by atoms with Crippen molar-refractivity contribution >= 4 is 5.96 Å². The van der Waals surface area contributed by atoms with Gasteiger partial charge in [0, 0.05) is 13.1 Å². The summed E-state index contributed by atoms with van der Waals surface area (Å²) in [4.78, 5) is 7.32. The van der Waals surface area contributed by atoms with Crippen molar-refractivity contribution in [3.05, 3.63) is 47.9 Å². The van der Waals surface area contributed by atoms with E-state index in [4.69, 9.17) is 18.9 Å². The van der Waals surface area contributed by atoms with Crippen LogP contribution in [0.15, 0.2) is 46.0 Å². The van der Waals surface area contributed by atoms with E-state index >= 15 is 0 Å². The number of ether oxygens (including phenoxy) is 2. The first kappa shape index (κ1) is 19.6. The molecule has 2 aliphatic rings. The molecule has 1 fully saturated rings. The second-order valence-corrected chi connectivity index (χ2v) is 7.36. The number of guanidine groups is 1. The molecule has 7 heteroatoms. The van der Waals surface area contributed by atoms with Gasteiger partial charge in [0.1, 0.15) is 5.76 Å². The Morgan fingerprint density at radius 2 is 2.00 bits per heavy atom. The molecule has 3 heterocycles. The average Bonchev–Trinajstić information content (AvgIpc) is 3.50. The van der Waals surface area contributed by atoms with Crippen molar-refractivity contribution in [2.24, 2.45) is 4.99 Å². The molecule has 0 spiro atoms. The van der Waals surface area contributed by atoms with Crippen molar-refractivity contribution in [1.82, 2.24) is 15.5 Å². The van der Waals surface area contributed by atoms with Gasteiger partial charge in [-0.3, -0.25) is 9.89 Å². The molecule has 1 aromatic heterocycles. The third-order valence-electron chi connectivity index (χ3n) is 5.36. The molecule has 2 aromatic rings. The lowest BCUT2D eigenvalue weighted by atomic mass is 10.1. The summed E-state index contributed by atoms with van der Waals surface area (Å²) in [5.74, 6) is 3.48. The van der Waals surface area contributed by atoms with Crippen LogP contribution in [-0.4, -0.2) is 50.4 Å². The molecule has 0 bridgehead atoms. The number of benzene rings is 1. The number of nitrogens with one attached hydrogen (secondary N) is 2. The predicted molar refractivity (Wildman–Crippen MR) is 113 cm³/mol. The largest absolute Gasteiger partial charge is 0.468 e. The van der Waals surface area contributed by atoms with E-state index in [0.29, 0.717) is 13.3 Å². The summed E-state index contributed by atoms with van der Waals surface area (Å²) < 4.78 is 16.5. The number of hydrogen-bond donors (Lipinski definition) is 2. The van der Waals surface area contributed by atoms with E-state index in [1.165, 1.54) is 18.4 Å². The maximum absolute atomic E-state index is 5.70. The van der Waals surface area contributed by atoms with Crippen LogP contribution in [0.1, 0.15) is 37.1 Å². The van der Waals surface area contributed by atoms with Crippen LogP contribution < -0.4 is 20.1 Å². The average molecular weight is 399 g/mol. The minimum Gasteiger partial charge on any atom is -0.468 e. The molecule has 2 aliphatic heterocycles. The summed E-state index contributed by atoms with van der Waals surface area (Å²) in [7, 11) is 0. The SMILES string of the molecule is CCNC(=NCC(c1ccco1)N1CCCC1)NCCc1ccc2c(c1)OCO2. The lowest BCUT2D eigenvalue weighted by Crippen LogP contribution is -2.39. The molecule has 4 rings (SSSR count). The predicted octanol–water partition coefficient (Wildman–Crippen LogP) is 2.94. The van der Waals surface area contributed by atoms with Crippen LogP contribution in [0, 0.1) is 0 Å². The summed E-state index contributed by atoms with van der Waals surface area (Å²) in [6, 6.07) is 10.3. The van der Waals surface area contributed by atoms with E-state index in [1.807, 2.05) is 18.2 Å². The van der Waals surface area contributed by atoms with Crippen LogP contribution in [-0.2, 0) is 6.42 Å². The molecule has 0 radical (unpaired) electrons. The van der Waals surface area contributed by atoms with Crippen LogP contribution in [0.2, 0.25) is 0 Å². The van der Waals surface area contributed by atoms with Gasteiger partial charge in [0.15, 0.2) is 17.5 Å². The minimum atomic E-state index is 0.191. The van der Waals surface area contributed by atoms with Crippen LogP contribution in [0.4, 0.5) is 0 Å². The number of furan rings is 1. The Balaban J connectivity index is 1.35. The minimum absolute atomic E-state index is 0.191. The number of nitrogens with zero attached hydrogens (tertiary/aromatic N) is 2. The monoisotopic (exact) mass is 398 g/mol. The Hall–Kier alpha value is -2.67. The zero-order valence-electron chi connectivity index (χ0n) is 17.0. The summed E-state index contributed by atoms with van der Waals surface area (Å²) in [5, 5.41) is 6.79. The second kappa shape index (κ2) is 9.69. The van der Waals surface area contributed by atoms with Crippen molar-refractivity contribution in [1.29, 1.82) is 0 Å². The normalized spacial score (nSPS) is 17.5. The lowest BCUT2D eigenvalue weighted by molar-refractivity contribution is 0.174. The van der Waals surface area contributed by atoms with E-state index in [1.54, 1.807) is 6.26 Å². The van der Waals surface area contributed by atoms with Gasteiger partial charge in [-0.05, 0) is 69.1 Å². The van der Waals surface area contributed by atoms with E-state index < -0.39 is 0 Å². The highest BCUT2D eigenvalue weighted by atomic mass is 16.7. The molecule has 1 aromatic carbocycles. The van der Waals surface area contributed by atoms with Crippen LogP contribution in [0.3, 0.4) is 0 Å². The van der Waals surface area contributed by atoms with Gasteiger partial charge < -0.3 is 24.5 Å². The first-order chi connectivity index (χ1) is 14.3. The Kier molecular flexibility index (Phi) is 6.56. The smallest absolute Gasteiger partial charge is 0.231 e. The maximum Gasteiger partial charge on any atom is 0.231 e. The fourth-order valence-electron chi connectivity index (χ4n) is 3.86. The molecule has 7 nitrogen and oxygen atoms in total. The first-order valence-corrected chi connectivity index (χ1v) is 10.5. The molecular formula is C22H30N4O3. The standard InChI is InChI=1S/C22H30N4O3/c1-2-23-22(24-10-9-17-7-8-20-21(14-17)29-16-28-20)25-15-18(19-6-5-13-27-19)26-11-3-4-12-26/h5-8,13-14,18H,2-4,9-12,15-16H2,1H3,(H2,23,24,25). The number of hydrogen-bond acceptors (Lipinski definition) is 5. The van der Waals surface area contributed by atoms with Gasteiger partial charge in [-0.2, -0.15) is 0 Å². The van der Waals surface area contributed by atoms with E-state index in [0.717, 1.165) is 55.8 Å². The lowest BCUT2D eigenvalue weighted by Gasteiger charge is -2.24. The van der Waals surface area contributed by atoms with Gasteiger partial charge in [0.25, 0.3) is 0 Å². The zero-order valence-corrected chi connectivity index (χ0v) is 17.0. The summed E-state index contributed by atoms with van der Waals surface area (Å²) in [6.07, 6.45) is 5.12. The highest BCUT2D eigenvalue weighted by Gasteiger charge is 2.25. The summed E-state index contributed by atoms with van der Waals surface area (Å²) >= 11 is 0. The molecular weight excluding hydrogens is 368 g/mol. The van der Waals surface area contributed by atoms with E-state index in [2.05, 4.69) is 34.6 Å². The van der Waals surface area contributed by atoms with Gasteiger partial charge in [-0.25, -0.2) is 0 Å². The molecule has 1 saturated heterocycles. The Labute approximate surface area is 172 Å². The third kappa shape index (κ3) is 5.03. The van der Waals surface area contributed by atoms with Crippen molar-refractivity contribution in [3.8, 4) is 11.5 Å². The van der Waals surface area contributed by atoms with Gasteiger partial charge in [0.2, 0.25) is 6.79 Å². The highest BCUT2D eigenvalue weighted by Crippen LogP contribution is 2.32. The number of aliphatic imine (C=N–C) groups is 1. The molecule has 1 unspecified atom stereocenters. The first-order valence-electron chi connectivity index (χ1n) is 10.5. The van der Waals surface area contributed by atoms with Crippen LogP contribution in [0.5, 0.6) is 11.5 Å². The topological polar surface area (TPSA) is 71.3 Å². The van der Waals surface area contributed by atoms with Crippen molar-refractivity contribution in [2.45, 2.75) is 32.2 Å². The summed E-state index contributed by atoms with van der Waals surface area (Å²) in [5.41, 5.74) is 1.21. The zero-order chi connectivity index (χ0) is 19.9. The number of fused-ring (bicyclic) bond motifs is 1. The summed E-state index contributed by atoms with van der Waals surface area (Å²) in [6.45, 7) is 6.89. The fourth-order valence-corrected chi connectivity index (χ4v) is 3.86. The number of rotatable bonds is 8. The third-order valence-corrected chi connectivity index (χ3v) is 5.36. The molecule has 0 aliphatic carbocycles. The van der Waals surface area contributed by atoms with Gasteiger partial charge in [-0.1, -0.05) is 6.07 Å². The van der Waals surface area contributed by atoms with Crippen LogP contribution in [0.25, 0.3) is 0 Å². The highest BCUT2D eigenvalue weighted by molar-refractivity contribution is 5.79. The molecule has 0 saturated carbocycles. The molecule has 1 atom stereocenters. The van der Waals surface area contributed by atoms with Gasteiger partial charge >= 0.3 is 0 Å². The van der Waals surface area contributed by atoms with Gasteiger partial charge in [-0.15, -0.1) is 0 Å².